The Balaban J connectivity index is 0.974. The van der Waals surface area contributed by atoms with Gasteiger partial charge in [0, 0.05) is 16.7 Å². The number of hydrogen-bond donors (Lipinski definition) is 0. The summed E-state index contributed by atoms with van der Waals surface area (Å²) in [6.07, 6.45) is 0. The first-order valence-electron chi connectivity index (χ1n) is 20.8. The summed E-state index contributed by atoms with van der Waals surface area (Å²) in [5, 5.41) is 0. The first-order valence-corrected chi connectivity index (χ1v) is 20.8. The summed E-state index contributed by atoms with van der Waals surface area (Å²) in [4.78, 5) is 15.2. The lowest BCUT2D eigenvalue weighted by Crippen LogP contribution is -2.28. The maximum atomic E-state index is 5.10. The minimum Gasteiger partial charge on any atom is -0.208 e. The average molecular weight is 778 g/mol. The molecule has 0 N–H and O–H groups in total. The Labute approximate surface area is 356 Å². The van der Waals surface area contributed by atoms with Crippen molar-refractivity contribution in [3.05, 3.63) is 259 Å². The highest BCUT2D eigenvalue weighted by Gasteiger charge is 2.46. The van der Waals surface area contributed by atoms with Crippen LogP contribution in [0.15, 0.2) is 237 Å². The van der Waals surface area contributed by atoms with Gasteiger partial charge in [-0.3, -0.25) is 0 Å². The van der Waals surface area contributed by atoms with Gasteiger partial charge in [0.25, 0.3) is 0 Å². The molecule has 9 aromatic carbocycles. The largest absolute Gasteiger partial charge is 0.208 e. The summed E-state index contributed by atoms with van der Waals surface area (Å²) >= 11 is 0. The predicted molar refractivity (Wildman–Crippen MR) is 250 cm³/mol. The van der Waals surface area contributed by atoms with Crippen LogP contribution in [0.5, 0.6) is 0 Å². The Morgan fingerprint density at radius 1 is 0.230 bits per heavy atom. The third-order valence-electron chi connectivity index (χ3n) is 12.1. The standard InChI is InChI=1S/C58H39N3/c1-5-16-40(17-6-1)41-28-30-42(31-29-41)43-32-36-46(37-33-43)56-59-55(45-18-7-2-8-19-45)60-57(61-56)47-38-34-44(35-39-47)50-25-15-27-53-54(50)51-24-13-14-26-52(51)58(53,48-20-9-3-10-21-48)49-22-11-4-12-23-49/h1-39H. The van der Waals surface area contributed by atoms with Crippen LogP contribution in [0, 0.1) is 0 Å². The van der Waals surface area contributed by atoms with E-state index < -0.39 is 5.41 Å². The van der Waals surface area contributed by atoms with E-state index in [0.717, 1.165) is 33.4 Å². The monoisotopic (exact) mass is 777 g/mol. The molecule has 0 saturated heterocycles. The van der Waals surface area contributed by atoms with Crippen LogP contribution >= 0.6 is 0 Å². The number of aromatic nitrogens is 3. The van der Waals surface area contributed by atoms with Gasteiger partial charge in [0.1, 0.15) is 0 Å². The van der Waals surface area contributed by atoms with Gasteiger partial charge in [-0.1, -0.05) is 237 Å². The molecule has 11 rings (SSSR count). The van der Waals surface area contributed by atoms with Crippen molar-refractivity contribution in [3.8, 4) is 78.7 Å². The Kier molecular flexibility index (Phi) is 9.05. The van der Waals surface area contributed by atoms with Gasteiger partial charge in [0.15, 0.2) is 17.5 Å². The molecule has 0 spiro atoms. The number of rotatable bonds is 8. The van der Waals surface area contributed by atoms with Gasteiger partial charge in [-0.05, 0) is 66.8 Å². The van der Waals surface area contributed by atoms with E-state index in [1.165, 1.54) is 50.1 Å². The van der Waals surface area contributed by atoms with Gasteiger partial charge < -0.3 is 0 Å². The molecule has 0 radical (unpaired) electrons. The van der Waals surface area contributed by atoms with Crippen LogP contribution in [0.2, 0.25) is 0 Å². The SMILES string of the molecule is c1ccc(-c2ccc(-c3ccc(-c4nc(-c5ccccc5)nc(-c5ccc(-c6cccc7c6-c6ccccc6C7(c6ccccc6)c6ccccc6)cc5)n4)cc3)cc2)cc1. The molecule has 0 bridgehead atoms. The first-order chi connectivity index (χ1) is 30.2. The molecule has 286 valence electrons. The summed E-state index contributed by atoms with van der Waals surface area (Å²) in [7, 11) is 0. The maximum absolute atomic E-state index is 5.10. The van der Waals surface area contributed by atoms with Gasteiger partial charge >= 0.3 is 0 Å². The zero-order chi connectivity index (χ0) is 40.6. The summed E-state index contributed by atoms with van der Waals surface area (Å²) in [5.41, 5.74) is 17.0. The van der Waals surface area contributed by atoms with E-state index in [9.17, 15) is 0 Å². The molecule has 1 aliphatic rings. The molecule has 3 nitrogen and oxygen atoms in total. The fraction of sp³-hybridized carbons (Fsp3) is 0.0172. The molecular weight excluding hydrogens is 739 g/mol. The second-order valence-corrected chi connectivity index (χ2v) is 15.5. The third kappa shape index (κ3) is 6.35. The van der Waals surface area contributed by atoms with Crippen molar-refractivity contribution in [1.29, 1.82) is 0 Å². The van der Waals surface area contributed by atoms with Crippen LogP contribution in [-0.2, 0) is 5.41 Å². The smallest absolute Gasteiger partial charge is 0.164 e. The van der Waals surface area contributed by atoms with Crippen LogP contribution < -0.4 is 0 Å². The molecule has 0 unspecified atom stereocenters. The highest BCUT2D eigenvalue weighted by molar-refractivity contribution is 5.95. The predicted octanol–water partition coefficient (Wildman–Crippen LogP) is 14.2. The van der Waals surface area contributed by atoms with E-state index in [1.807, 2.05) is 36.4 Å². The van der Waals surface area contributed by atoms with E-state index in [4.69, 9.17) is 15.0 Å². The lowest BCUT2D eigenvalue weighted by molar-refractivity contribution is 0.768. The lowest BCUT2D eigenvalue weighted by Gasteiger charge is -2.34. The van der Waals surface area contributed by atoms with Crippen LogP contribution in [0.1, 0.15) is 22.3 Å². The van der Waals surface area contributed by atoms with Crippen molar-refractivity contribution in [1.82, 2.24) is 15.0 Å². The van der Waals surface area contributed by atoms with Crippen molar-refractivity contribution < 1.29 is 0 Å². The second-order valence-electron chi connectivity index (χ2n) is 15.5. The normalized spacial score (nSPS) is 12.4. The highest BCUT2D eigenvalue weighted by Crippen LogP contribution is 2.58. The van der Waals surface area contributed by atoms with Crippen molar-refractivity contribution in [2.24, 2.45) is 0 Å². The zero-order valence-corrected chi connectivity index (χ0v) is 33.4. The first kappa shape index (κ1) is 36.1. The number of nitrogens with zero attached hydrogens (tertiary/aromatic N) is 3. The Bertz CT molecular complexity index is 3090. The lowest BCUT2D eigenvalue weighted by atomic mass is 9.67. The van der Waals surface area contributed by atoms with Crippen LogP contribution in [0.4, 0.5) is 0 Å². The molecule has 3 heteroatoms. The number of hydrogen-bond acceptors (Lipinski definition) is 3. The number of benzene rings is 9. The zero-order valence-electron chi connectivity index (χ0n) is 33.4. The fourth-order valence-corrected chi connectivity index (χ4v) is 9.18. The van der Waals surface area contributed by atoms with E-state index in [-0.39, 0.29) is 0 Å². The molecule has 0 atom stereocenters. The maximum Gasteiger partial charge on any atom is 0.164 e. The van der Waals surface area contributed by atoms with Gasteiger partial charge in [0.05, 0.1) is 5.41 Å². The van der Waals surface area contributed by atoms with Gasteiger partial charge in [-0.2, -0.15) is 0 Å². The third-order valence-corrected chi connectivity index (χ3v) is 12.1. The fourth-order valence-electron chi connectivity index (χ4n) is 9.18. The van der Waals surface area contributed by atoms with E-state index in [0.29, 0.717) is 17.5 Å². The summed E-state index contributed by atoms with van der Waals surface area (Å²) in [6.45, 7) is 0. The highest BCUT2D eigenvalue weighted by atomic mass is 15.0. The van der Waals surface area contributed by atoms with Crippen molar-refractivity contribution in [3.63, 3.8) is 0 Å². The molecule has 0 fully saturated rings. The minimum absolute atomic E-state index is 0.454. The molecule has 1 heterocycles. The topological polar surface area (TPSA) is 38.7 Å². The van der Waals surface area contributed by atoms with Crippen LogP contribution in [0.3, 0.4) is 0 Å². The van der Waals surface area contributed by atoms with Gasteiger partial charge in [-0.15, -0.1) is 0 Å². The molecule has 61 heavy (non-hydrogen) atoms. The average Bonchev–Trinajstić information content (AvgIpc) is 3.66. The molecule has 0 amide bonds. The van der Waals surface area contributed by atoms with Crippen molar-refractivity contribution in [2.45, 2.75) is 5.41 Å². The summed E-state index contributed by atoms with van der Waals surface area (Å²) in [5.74, 6) is 1.90. The Hall–Kier alpha value is -8.01. The van der Waals surface area contributed by atoms with E-state index in [1.54, 1.807) is 0 Å². The Morgan fingerprint density at radius 2 is 0.557 bits per heavy atom. The molecular formula is C58H39N3. The Morgan fingerprint density at radius 3 is 1.05 bits per heavy atom. The summed E-state index contributed by atoms with van der Waals surface area (Å²) in [6, 6.07) is 84.2. The molecule has 10 aromatic rings. The van der Waals surface area contributed by atoms with Gasteiger partial charge in [-0.25, -0.2) is 15.0 Å². The molecule has 1 aromatic heterocycles. The van der Waals surface area contributed by atoms with E-state index in [2.05, 4.69) is 200 Å². The van der Waals surface area contributed by atoms with Crippen LogP contribution in [-0.4, -0.2) is 15.0 Å². The molecule has 0 saturated carbocycles. The molecule has 1 aliphatic carbocycles. The number of fused-ring (bicyclic) bond motifs is 3. The van der Waals surface area contributed by atoms with Crippen LogP contribution in [0.25, 0.3) is 78.7 Å². The minimum atomic E-state index is -0.454. The van der Waals surface area contributed by atoms with Gasteiger partial charge in [0.2, 0.25) is 0 Å². The summed E-state index contributed by atoms with van der Waals surface area (Å²) < 4.78 is 0. The van der Waals surface area contributed by atoms with Crippen molar-refractivity contribution >= 4 is 0 Å². The molecule has 0 aliphatic heterocycles. The second kappa shape index (κ2) is 15.3. The van der Waals surface area contributed by atoms with E-state index >= 15 is 0 Å². The van der Waals surface area contributed by atoms with Crippen molar-refractivity contribution in [2.75, 3.05) is 0 Å². The quantitative estimate of drug-likeness (QED) is 0.154.